The van der Waals surface area contributed by atoms with Gasteiger partial charge in [-0.1, -0.05) is 48.5 Å². The van der Waals surface area contributed by atoms with Crippen LogP contribution in [0.1, 0.15) is 37.8 Å². The number of rotatable bonds is 8. The van der Waals surface area contributed by atoms with Gasteiger partial charge in [-0.05, 0) is 68.0 Å². The summed E-state index contributed by atoms with van der Waals surface area (Å²) in [5.41, 5.74) is 7.94. The van der Waals surface area contributed by atoms with Crippen molar-refractivity contribution < 1.29 is 5.11 Å². The molecular weight excluding hydrogens is 373 g/mol. The lowest BCUT2D eigenvalue weighted by Gasteiger charge is -2.21. The number of nitrogens with two attached hydrogens (primary N) is 1. The van der Waals surface area contributed by atoms with Gasteiger partial charge in [-0.3, -0.25) is 0 Å². The molecule has 0 heterocycles. The standard InChI is InChI=1S/C20H26ClNOS.ClH/c1-3-15-6-4-8-17(12-15)24-18-10-9-16(19(21)13-18)7-5-11-20(2,22)14-23;/h4,6,8-10,12-13,23H,3,5,7,11,14,22H2,1-2H3;1H/t20-;/m1./s1. The fourth-order valence-electron chi connectivity index (χ4n) is 2.52. The van der Waals surface area contributed by atoms with Crippen molar-refractivity contribution in [3.8, 4) is 0 Å². The summed E-state index contributed by atoms with van der Waals surface area (Å²) >= 11 is 8.18. The predicted molar refractivity (Wildman–Crippen MR) is 111 cm³/mol. The van der Waals surface area contributed by atoms with Crippen LogP contribution in [0.15, 0.2) is 52.3 Å². The number of hydrogen-bond acceptors (Lipinski definition) is 3. The van der Waals surface area contributed by atoms with Crippen LogP contribution in [0.5, 0.6) is 0 Å². The highest BCUT2D eigenvalue weighted by atomic mass is 35.5. The van der Waals surface area contributed by atoms with Crippen molar-refractivity contribution in [3.63, 3.8) is 0 Å². The van der Waals surface area contributed by atoms with E-state index < -0.39 is 5.54 Å². The van der Waals surface area contributed by atoms with Gasteiger partial charge >= 0.3 is 0 Å². The monoisotopic (exact) mass is 399 g/mol. The fourth-order valence-corrected chi connectivity index (χ4v) is 3.80. The Morgan fingerprint density at radius 2 is 1.88 bits per heavy atom. The Labute approximate surface area is 166 Å². The maximum Gasteiger partial charge on any atom is 0.0608 e. The molecule has 0 radical (unpaired) electrons. The summed E-state index contributed by atoms with van der Waals surface area (Å²) in [6.45, 7) is 4.05. The molecule has 5 heteroatoms. The normalized spacial score (nSPS) is 13.2. The molecule has 2 aromatic carbocycles. The van der Waals surface area contributed by atoms with Crippen LogP contribution in [-0.2, 0) is 12.8 Å². The number of aliphatic hydroxyl groups is 1. The molecule has 2 rings (SSSR count). The van der Waals surface area contributed by atoms with Gasteiger partial charge in [0.1, 0.15) is 0 Å². The first-order chi connectivity index (χ1) is 11.4. The van der Waals surface area contributed by atoms with Gasteiger partial charge in [0.2, 0.25) is 0 Å². The third-order valence-electron chi connectivity index (χ3n) is 4.12. The molecule has 0 saturated heterocycles. The molecule has 0 bridgehead atoms. The van der Waals surface area contributed by atoms with Crippen LogP contribution in [0.3, 0.4) is 0 Å². The molecule has 2 aromatic rings. The number of aliphatic hydroxyl groups excluding tert-OH is 1. The first kappa shape index (κ1) is 22.3. The minimum absolute atomic E-state index is 0. The van der Waals surface area contributed by atoms with Crippen LogP contribution in [0.2, 0.25) is 5.02 Å². The first-order valence-corrected chi connectivity index (χ1v) is 9.58. The van der Waals surface area contributed by atoms with Gasteiger partial charge < -0.3 is 10.8 Å². The molecule has 1 atom stereocenters. The van der Waals surface area contributed by atoms with Gasteiger partial charge in [0, 0.05) is 20.4 Å². The van der Waals surface area contributed by atoms with Crippen molar-refractivity contribution in [1.82, 2.24) is 0 Å². The Morgan fingerprint density at radius 1 is 1.16 bits per heavy atom. The van der Waals surface area contributed by atoms with E-state index in [1.807, 2.05) is 13.0 Å². The Kier molecular flexibility index (Phi) is 9.33. The highest BCUT2D eigenvalue weighted by molar-refractivity contribution is 7.99. The predicted octanol–water partition coefficient (Wildman–Crippen LogP) is 5.51. The molecule has 0 unspecified atom stereocenters. The van der Waals surface area contributed by atoms with Crippen molar-refractivity contribution in [2.75, 3.05) is 6.61 Å². The molecule has 0 saturated carbocycles. The Balaban J connectivity index is 0.00000312. The average molecular weight is 400 g/mol. The molecule has 0 aliphatic rings. The zero-order chi connectivity index (χ0) is 17.6. The lowest BCUT2D eigenvalue weighted by atomic mass is 9.95. The summed E-state index contributed by atoms with van der Waals surface area (Å²) in [6, 6.07) is 14.9. The summed E-state index contributed by atoms with van der Waals surface area (Å²) in [5.74, 6) is 0. The van der Waals surface area contributed by atoms with Crippen LogP contribution in [0.25, 0.3) is 0 Å². The third-order valence-corrected chi connectivity index (χ3v) is 5.45. The van der Waals surface area contributed by atoms with Crippen molar-refractivity contribution in [2.24, 2.45) is 5.73 Å². The average Bonchev–Trinajstić information content (AvgIpc) is 2.57. The molecule has 0 spiro atoms. The maximum atomic E-state index is 9.21. The van der Waals surface area contributed by atoms with Crippen LogP contribution >= 0.6 is 35.8 Å². The largest absolute Gasteiger partial charge is 0.394 e. The quantitative estimate of drug-likeness (QED) is 0.614. The van der Waals surface area contributed by atoms with Gasteiger partial charge in [-0.15, -0.1) is 12.4 Å². The van der Waals surface area contributed by atoms with Crippen molar-refractivity contribution >= 4 is 35.8 Å². The Morgan fingerprint density at radius 3 is 2.52 bits per heavy atom. The van der Waals surface area contributed by atoms with E-state index in [9.17, 15) is 5.11 Å². The Hall–Kier alpha value is -0.710. The second kappa shape index (κ2) is 10.4. The molecule has 2 nitrogen and oxygen atoms in total. The highest BCUT2D eigenvalue weighted by Crippen LogP contribution is 2.32. The van der Waals surface area contributed by atoms with E-state index in [2.05, 4.69) is 43.3 Å². The van der Waals surface area contributed by atoms with Gasteiger partial charge in [-0.2, -0.15) is 0 Å². The second-order valence-corrected chi connectivity index (χ2v) is 8.08. The molecule has 0 amide bonds. The maximum absolute atomic E-state index is 9.21. The number of halogens is 2. The zero-order valence-corrected chi connectivity index (χ0v) is 17.2. The third kappa shape index (κ3) is 7.20. The van der Waals surface area contributed by atoms with E-state index in [0.717, 1.165) is 41.2 Å². The lowest BCUT2D eigenvalue weighted by molar-refractivity contribution is 0.198. The summed E-state index contributed by atoms with van der Waals surface area (Å²) in [5, 5.41) is 10.0. The van der Waals surface area contributed by atoms with Gasteiger partial charge in [-0.25, -0.2) is 0 Å². The van der Waals surface area contributed by atoms with E-state index in [0.29, 0.717) is 0 Å². The first-order valence-electron chi connectivity index (χ1n) is 8.38. The second-order valence-electron chi connectivity index (χ2n) is 6.52. The van der Waals surface area contributed by atoms with Crippen LogP contribution in [0, 0.1) is 0 Å². The summed E-state index contributed by atoms with van der Waals surface area (Å²) in [6.07, 6.45) is 3.61. The zero-order valence-electron chi connectivity index (χ0n) is 14.8. The molecule has 0 aliphatic heterocycles. The van der Waals surface area contributed by atoms with E-state index in [1.54, 1.807) is 11.8 Å². The van der Waals surface area contributed by atoms with E-state index >= 15 is 0 Å². The van der Waals surface area contributed by atoms with Crippen molar-refractivity contribution in [1.29, 1.82) is 0 Å². The van der Waals surface area contributed by atoms with Crippen LogP contribution in [-0.4, -0.2) is 17.3 Å². The topological polar surface area (TPSA) is 46.2 Å². The fraction of sp³-hybridized carbons (Fsp3) is 0.400. The highest BCUT2D eigenvalue weighted by Gasteiger charge is 2.16. The summed E-state index contributed by atoms with van der Waals surface area (Å²) in [4.78, 5) is 2.39. The Bertz CT molecular complexity index is 676. The van der Waals surface area contributed by atoms with Gasteiger partial charge in [0.25, 0.3) is 0 Å². The number of aryl methyl sites for hydroxylation is 2. The van der Waals surface area contributed by atoms with E-state index in [4.69, 9.17) is 17.3 Å². The van der Waals surface area contributed by atoms with E-state index in [1.165, 1.54) is 10.5 Å². The van der Waals surface area contributed by atoms with Crippen molar-refractivity contribution in [3.05, 3.63) is 58.6 Å². The van der Waals surface area contributed by atoms with E-state index in [-0.39, 0.29) is 19.0 Å². The lowest BCUT2D eigenvalue weighted by Crippen LogP contribution is -2.40. The molecule has 3 N–H and O–H groups in total. The van der Waals surface area contributed by atoms with Gasteiger partial charge in [0.05, 0.1) is 6.61 Å². The minimum atomic E-state index is -0.507. The molecule has 25 heavy (non-hydrogen) atoms. The summed E-state index contributed by atoms with van der Waals surface area (Å²) in [7, 11) is 0. The molecular formula is C20H27Cl2NOS. The van der Waals surface area contributed by atoms with Crippen molar-refractivity contribution in [2.45, 2.75) is 54.9 Å². The summed E-state index contributed by atoms with van der Waals surface area (Å²) < 4.78 is 0. The van der Waals surface area contributed by atoms with Crippen LogP contribution in [0.4, 0.5) is 0 Å². The molecule has 0 aromatic heterocycles. The molecule has 0 fully saturated rings. The number of benzene rings is 2. The molecule has 138 valence electrons. The van der Waals surface area contributed by atoms with Gasteiger partial charge in [0.15, 0.2) is 0 Å². The minimum Gasteiger partial charge on any atom is -0.394 e. The SMILES string of the molecule is CCc1cccc(Sc2ccc(CCC[C@@](C)(N)CO)c(Cl)c2)c1.Cl. The van der Waals surface area contributed by atoms with Crippen LogP contribution < -0.4 is 5.73 Å². The smallest absolute Gasteiger partial charge is 0.0608 e. The molecule has 0 aliphatic carbocycles. The number of hydrogen-bond donors (Lipinski definition) is 2.